The van der Waals surface area contributed by atoms with E-state index in [2.05, 4.69) is 9.97 Å². The van der Waals surface area contributed by atoms with Crippen LogP contribution in [0.4, 0.5) is 5.95 Å². The number of hydrogen-bond acceptors (Lipinski definition) is 6. The monoisotopic (exact) mass is 387 g/mol. The number of para-hydroxylation sites is 1. The van der Waals surface area contributed by atoms with E-state index in [9.17, 15) is 4.79 Å². The molecule has 0 atom stereocenters. The minimum atomic E-state index is -0.862. The second-order valence-electron chi connectivity index (χ2n) is 5.77. The van der Waals surface area contributed by atoms with Gasteiger partial charge in [-0.15, -0.1) is 0 Å². The summed E-state index contributed by atoms with van der Waals surface area (Å²) in [6.45, 7) is 0.255. The van der Waals surface area contributed by atoms with Crippen molar-refractivity contribution >= 4 is 34.4 Å². The number of anilines is 1. The second kappa shape index (κ2) is 8.09. The molecule has 140 valence electrons. The standard InChI is InChI=1S/C19H18ClN3O4/c1-26-18-12(4-2-5-15(18)27-9-3-6-16(24)25)17-13-10-11(20)7-8-14(13)22-19(21)23-17/h2,4-5,7-8,10H,3,6,9H2,1H3,(H,24,25)(H2,21,22,23). The summed E-state index contributed by atoms with van der Waals surface area (Å²) in [5.41, 5.74) is 7.79. The van der Waals surface area contributed by atoms with E-state index in [1.165, 1.54) is 7.11 Å². The fourth-order valence-electron chi connectivity index (χ4n) is 2.76. The molecule has 0 bridgehead atoms. The maximum absolute atomic E-state index is 10.6. The van der Waals surface area contributed by atoms with Crippen molar-refractivity contribution in [1.29, 1.82) is 0 Å². The molecule has 0 aliphatic carbocycles. The molecule has 8 heteroatoms. The molecule has 0 amide bonds. The predicted octanol–water partition coefficient (Wildman–Crippen LogP) is 3.78. The first-order chi connectivity index (χ1) is 13.0. The lowest BCUT2D eigenvalue weighted by atomic mass is 10.0. The number of aliphatic carboxylic acids is 1. The van der Waals surface area contributed by atoms with Crippen LogP contribution in [0.15, 0.2) is 36.4 Å². The molecule has 0 saturated carbocycles. The summed E-state index contributed by atoms with van der Waals surface area (Å²) in [5.74, 6) is 0.244. The largest absolute Gasteiger partial charge is 0.492 e. The van der Waals surface area contributed by atoms with Crippen LogP contribution in [0.25, 0.3) is 22.2 Å². The molecule has 1 aromatic heterocycles. The molecule has 2 aromatic carbocycles. The maximum Gasteiger partial charge on any atom is 0.303 e. The quantitative estimate of drug-likeness (QED) is 0.594. The van der Waals surface area contributed by atoms with Crippen LogP contribution >= 0.6 is 11.6 Å². The minimum absolute atomic E-state index is 0.0353. The number of aromatic nitrogens is 2. The van der Waals surface area contributed by atoms with Crippen molar-refractivity contribution in [1.82, 2.24) is 9.97 Å². The normalized spacial score (nSPS) is 10.7. The van der Waals surface area contributed by atoms with Gasteiger partial charge in [0.2, 0.25) is 5.95 Å². The van der Waals surface area contributed by atoms with Gasteiger partial charge in [-0.25, -0.2) is 9.97 Å². The highest BCUT2D eigenvalue weighted by atomic mass is 35.5. The van der Waals surface area contributed by atoms with Crippen molar-refractivity contribution in [2.24, 2.45) is 0 Å². The molecule has 0 saturated heterocycles. The summed E-state index contributed by atoms with van der Waals surface area (Å²) in [6, 6.07) is 10.7. The first-order valence-electron chi connectivity index (χ1n) is 8.24. The zero-order valence-corrected chi connectivity index (χ0v) is 15.4. The number of carbonyl (C=O) groups is 1. The Balaban J connectivity index is 2.04. The number of carboxylic acids is 1. The average Bonchev–Trinajstić information content (AvgIpc) is 2.64. The summed E-state index contributed by atoms with van der Waals surface area (Å²) in [5, 5.41) is 10.0. The first-order valence-corrected chi connectivity index (χ1v) is 8.62. The Hall–Kier alpha value is -3.06. The minimum Gasteiger partial charge on any atom is -0.492 e. The SMILES string of the molecule is COc1c(OCCCC(=O)O)cccc1-c1nc(N)nc2ccc(Cl)cc12. The third kappa shape index (κ3) is 4.20. The summed E-state index contributed by atoms with van der Waals surface area (Å²) in [6.07, 6.45) is 0.426. The van der Waals surface area contributed by atoms with Crippen molar-refractivity contribution in [2.45, 2.75) is 12.8 Å². The number of methoxy groups -OCH3 is 1. The van der Waals surface area contributed by atoms with E-state index in [-0.39, 0.29) is 19.0 Å². The van der Waals surface area contributed by atoms with Gasteiger partial charge in [0.15, 0.2) is 11.5 Å². The molecule has 3 N–H and O–H groups in total. The van der Waals surface area contributed by atoms with Crippen molar-refractivity contribution in [3.63, 3.8) is 0 Å². The van der Waals surface area contributed by atoms with Gasteiger partial charge in [0.25, 0.3) is 0 Å². The van der Waals surface area contributed by atoms with Crippen LogP contribution in [0.1, 0.15) is 12.8 Å². The van der Waals surface area contributed by atoms with E-state index in [4.69, 9.17) is 31.9 Å². The molecular weight excluding hydrogens is 370 g/mol. The zero-order valence-electron chi connectivity index (χ0n) is 14.6. The predicted molar refractivity (Wildman–Crippen MR) is 103 cm³/mol. The Bertz CT molecular complexity index is 994. The second-order valence-corrected chi connectivity index (χ2v) is 6.21. The molecule has 1 heterocycles. The number of halogens is 1. The summed E-state index contributed by atoms with van der Waals surface area (Å²) in [7, 11) is 1.53. The van der Waals surface area contributed by atoms with Gasteiger partial charge >= 0.3 is 5.97 Å². The molecule has 0 fully saturated rings. The Labute approximate surface area is 160 Å². The topological polar surface area (TPSA) is 108 Å². The van der Waals surface area contributed by atoms with E-state index in [0.717, 1.165) is 5.39 Å². The Kier molecular flexibility index (Phi) is 5.61. The van der Waals surface area contributed by atoms with Gasteiger partial charge in [0.05, 0.1) is 24.9 Å². The number of ether oxygens (including phenoxy) is 2. The van der Waals surface area contributed by atoms with Gasteiger partial charge in [0.1, 0.15) is 0 Å². The highest BCUT2D eigenvalue weighted by Gasteiger charge is 2.17. The van der Waals surface area contributed by atoms with Crippen LogP contribution in [-0.4, -0.2) is 34.8 Å². The summed E-state index contributed by atoms with van der Waals surface area (Å²) >= 11 is 6.14. The Morgan fingerprint density at radius 3 is 2.81 bits per heavy atom. The van der Waals surface area contributed by atoms with Crippen LogP contribution in [0.5, 0.6) is 11.5 Å². The molecule has 27 heavy (non-hydrogen) atoms. The van der Waals surface area contributed by atoms with Crippen LogP contribution < -0.4 is 15.2 Å². The third-order valence-electron chi connectivity index (χ3n) is 3.91. The number of hydrogen-bond donors (Lipinski definition) is 2. The molecule has 0 spiro atoms. The lowest BCUT2D eigenvalue weighted by molar-refractivity contribution is -0.137. The van der Waals surface area contributed by atoms with Crippen molar-refractivity contribution in [3.05, 3.63) is 41.4 Å². The molecule has 3 aromatic rings. The smallest absolute Gasteiger partial charge is 0.303 e. The van der Waals surface area contributed by atoms with Crippen LogP contribution in [0.2, 0.25) is 5.02 Å². The number of carboxylic acid groups (broad SMARTS) is 1. The van der Waals surface area contributed by atoms with Gasteiger partial charge in [-0.05, 0) is 36.8 Å². The van der Waals surface area contributed by atoms with E-state index in [0.29, 0.717) is 39.7 Å². The van der Waals surface area contributed by atoms with Crippen molar-refractivity contribution in [3.8, 4) is 22.8 Å². The number of benzene rings is 2. The summed E-state index contributed by atoms with van der Waals surface area (Å²) < 4.78 is 11.3. The Morgan fingerprint density at radius 1 is 1.26 bits per heavy atom. The third-order valence-corrected chi connectivity index (χ3v) is 4.14. The van der Waals surface area contributed by atoms with Gasteiger partial charge in [-0.1, -0.05) is 17.7 Å². The van der Waals surface area contributed by atoms with Gasteiger partial charge in [-0.3, -0.25) is 4.79 Å². The fraction of sp³-hybridized carbons (Fsp3) is 0.211. The molecule has 0 unspecified atom stereocenters. The molecule has 0 radical (unpaired) electrons. The van der Waals surface area contributed by atoms with E-state index >= 15 is 0 Å². The van der Waals surface area contributed by atoms with Crippen LogP contribution in [0, 0.1) is 0 Å². The maximum atomic E-state index is 10.6. The van der Waals surface area contributed by atoms with Crippen LogP contribution in [-0.2, 0) is 4.79 Å². The number of rotatable bonds is 7. The fourth-order valence-corrected chi connectivity index (χ4v) is 2.93. The van der Waals surface area contributed by atoms with Crippen molar-refractivity contribution in [2.75, 3.05) is 19.5 Å². The zero-order chi connectivity index (χ0) is 19.4. The van der Waals surface area contributed by atoms with Crippen LogP contribution in [0.3, 0.4) is 0 Å². The highest BCUT2D eigenvalue weighted by Crippen LogP contribution is 2.40. The van der Waals surface area contributed by atoms with E-state index < -0.39 is 5.97 Å². The molecule has 0 aliphatic heterocycles. The molecule has 3 rings (SSSR count). The van der Waals surface area contributed by atoms with E-state index in [1.54, 1.807) is 30.3 Å². The lowest BCUT2D eigenvalue weighted by Gasteiger charge is -2.15. The van der Waals surface area contributed by atoms with Gasteiger partial charge < -0.3 is 20.3 Å². The molecule has 0 aliphatic rings. The average molecular weight is 388 g/mol. The van der Waals surface area contributed by atoms with Crippen molar-refractivity contribution < 1.29 is 19.4 Å². The highest BCUT2D eigenvalue weighted by molar-refractivity contribution is 6.31. The molecule has 7 nitrogen and oxygen atoms in total. The molecular formula is C19H18ClN3O4. The number of fused-ring (bicyclic) bond motifs is 1. The number of nitrogens with two attached hydrogens (primary N) is 1. The van der Waals surface area contributed by atoms with Gasteiger partial charge in [-0.2, -0.15) is 0 Å². The lowest BCUT2D eigenvalue weighted by Crippen LogP contribution is -2.04. The first kappa shape index (κ1) is 18.7. The van der Waals surface area contributed by atoms with Gasteiger partial charge in [0, 0.05) is 22.4 Å². The Morgan fingerprint density at radius 2 is 2.07 bits per heavy atom. The van der Waals surface area contributed by atoms with E-state index in [1.807, 2.05) is 6.07 Å². The summed E-state index contributed by atoms with van der Waals surface area (Å²) in [4.78, 5) is 19.3. The number of nitrogens with zero attached hydrogens (tertiary/aromatic N) is 2. The number of nitrogen functional groups attached to an aromatic ring is 1.